The second-order valence-corrected chi connectivity index (χ2v) is 17.8. The second kappa shape index (κ2) is 14.1. The quantitative estimate of drug-likeness (QED) is 0.162. The first-order valence-corrected chi connectivity index (χ1v) is 22.6. The predicted octanol–water partition coefficient (Wildman–Crippen LogP) is 16.9. The summed E-state index contributed by atoms with van der Waals surface area (Å²) in [6, 6.07) is 87.4. The minimum absolute atomic E-state index is 0.429. The minimum Gasteiger partial charge on any atom is -0.310 e. The van der Waals surface area contributed by atoms with E-state index < -0.39 is 5.41 Å². The Bertz CT molecular complexity index is 3550. The Hall–Kier alpha value is -7.78. The Morgan fingerprint density at radius 1 is 0.302 bits per heavy atom. The van der Waals surface area contributed by atoms with E-state index in [1.807, 2.05) is 11.3 Å². The largest absolute Gasteiger partial charge is 0.310 e. The van der Waals surface area contributed by atoms with Gasteiger partial charge in [0.05, 0.1) is 11.1 Å². The van der Waals surface area contributed by atoms with Gasteiger partial charge in [-0.3, -0.25) is 0 Å². The molecule has 294 valence electrons. The van der Waals surface area contributed by atoms with Crippen molar-refractivity contribution in [1.29, 1.82) is 0 Å². The molecule has 2 aliphatic carbocycles. The molecule has 13 rings (SSSR count). The van der Waals surface area contributed by atoms with E-state index in [0.29, 0.717) is 0 Å². The fraction of sp³-hybridized carbons (Fsp3) is 0.0164. The molecule has 0 amide bonds. The SMILES string of the molecule is c1ccc(-c2ccc(N(c3ccc(-c4cccc5c4-c4ccccc4C54c5ccccc5-c5c4ccc4c5sc5ccccc54)cc3)c3ccccc3-c3ccccc3)cc2)cc1. The Morgan fingerprint density at radius 3 is 1.51 bits per heavy atom. The van der Waals surface area contributed by atoms with Crippen molar-refractivity contribution >= 4 is 48.6 Å². The van der Waals surface area contributed by atoms with E-state index in [1.54, 1.807) is 0 Å². The van der Waals surface area contributed by atoms with Gasteiger partial charge in [-0.1, -0.05) is 200 Å². The number of anilines is 3. The molecule has 0 saturated carbocycles. The number of para-hydroxylation sites is 1. The van der Waals surface area contributed by atoms with E-state index in [1.165, 1.54) is 98.1 Å². The first kappa shape index (κ1) is 35.9. The van der Waals surface area contributed by atoms with E-state index >= 15 is 0 Å². The van der Waals surface area contributed by atoms with Crippen LogP contribution >= 0.6 is 11.3 Å². The summed E-state index contributed by atoms with van der Waals surface area (Å²) in [5.41, 5.74) is 21.0. The summed E-state index contributed by atoms with van der Waals surface area (Å²) in [5.74, 6) is 0. The Labute approximate surface area is 371 Å². The molecule has 0 N–H and O–H groups in total. The number of hydrogen-bond donors (Lipinski definition) is 0. The van der Waals surface area contributed by atoms with Crippen LogP contribution in [0.2, 0.25) is 0 Å². The molecule has 2 heteroatoms. The molecule has 2 aliphatic rings. The molecule has 1 aromatic heterocycles. The van der Waals surface area contributed by atoms with Gasteiger partial charge < -0.3 is 4.90 Å². The lowest BCUT2D eigenvalue weighted by Gasteiger charge is -2.30. The van der Waals surface area contributed by atoms with Gasteiger partial charge in [0.1, 0.15) is 0 Å². The molecule has 1 nitrogen and oxygen atoms in total. The molecule has 0 saturated heterocycles. The highest BCUT2D eigenvalue weighted by atomic mass is 32.1. The highest BCUT2D eigenvalue weighted by Crippen LogP contribution is 2.65. The fourth-order valence-electron chi connectivity index (χ4n) is 10.9. The lowest BCUT2D eigenvalue weighted by molar-refractivity contribution is 0.794. The zero-order valence-corrected chi connectivity index (χ0v) is 35.2. The average Bonchev–Trinajstić information content (AvgIpc) is 4.00. The fourth-order valence-corrected chi connectivity index (χ4v) is 12.1. The summed E-state index contributed by atoms with van der Waals surface area (Å²) in [7, 11) is 0. The van der Waals surface area contributed by atoms with Crippen LogP contribution in [0.5, 0.6) is 0 Å². The summed E-state index contributed by atoms with van der Waals surface area (Å²) < 4.78 is 2.72. The van der Waals surface area contributed by atoms with Gasteiger partial charge in [-0.15, -0.1) is 11.3 Å². The Morgan fingerprint density at radius 2 is 0.794 bits per heavy atom. The molecule has 1 atom stereocenters. The molecule has 1 unspecified atom stereocenters. The van der Waals surface area contributed by atoms with Crippen LogP contribution in [-0.4, -0.2) is 0 Å². The van der Waals surface area contributed by atoms with Gasteiger partial charge in [0, 0.05) is 42.7 Å². The van der Waals surface area contributed by atoms with Gasteiger partial charge >= 0.3 is 0 Å². The Balaban J connectivity index is 0.980. The third kappa shape index (κ3) is 5.29. The van der Waals surface area contributed by atoms with E-state index in [9.17, 15) is 0 Å². The van der Waals surface area contributed by atoms with Crippen molar-refractivity contribution in [2.75, 3.05) is 4.90 Å². The number of nitrogens with zero attached hydrogens (tertiary/aromatic N) is 1. The van der Waals surface area contributed by atoms with Gasteiger partial charge in [-0.05, 0) is 103 Å². The van der Waals surface area contributed by atoms with E-state index in [0.717, 1.165) is 17.1 Å². The van der Waals surface area contributed by atoms with Crippen LogP contribution in [-0.2, 0) is 5.41 Å². The maximum absolute atomic E-state index is 2.44. The van der Waals surface area contributed by atoms with Gasteiger partial charge in [-0.2, -0.15) is 0 Å². The standard InChI is InChI=1S/C61H39NS/c1-3-16-40(17-4-1)41-30-34-44(35-31-41)62(56-28-13-9-20-46(56)42-18-5-2-6-19-42)45-36-32-43(33-37-45)47-24-15-27-54-58(47)50-22-7-11-25-52(50)61(54)53-26-12-8-23-51(53)59-55(61)39-38-49-48-21-10-14-29-57(48)63-60(49)59/h1-39H. The molecule has 0 aliphatic heterocycles. The third-order valence-corrected chi connectivity index (χ3v) is 14.7. The van der Waals surface area contributed by atoms with Crippen molar-refractivity contribution in [3.63, 3.8) is 0 Å². The van der Waals surface area contributed by atoms with E-state index in [2.05, 4.69) is 241 Å². The molecule has 0 fully saturated rings. The third-order valence-electron chi connectivity index (χ3n) is 13.5. The van der Waals surface area contributed by atoms with Crippen molar-refractivity contribution in [2.24, 2.45) is 0 Å². The normalized spacial score (nSPS) is 14.4. The molecule has 0 bridgehead atoms. The summed E-state index contributed by atoms with van der Waals surface area (Å²) in [6.45, 7) is 0. The van der Waals surface area contributed by atoms with E-state index in [-0.39, 0.29) is 0 Å². The van der Waals surface area contributed by atoms with Crippen LogP contribution in [0.4, 0.5) is 17.1 Å². The molecule has 11 aromatic rings. The highest BCUT2D eigenvalue weighted by Gasteiger charge is 2.52. The molecule has 10 aromatic carbocycles. The van der Waals surface area contributed by atoms with Gasteiger partial charge in [0.15, 0.2) is 0 Å². The topological polar surface area (TPSA) is 3.24 Å². The lowest BCUT2D eigenvalue weighted by Crippen LogP contribution is -2.25. The first-order valence-electron chi connectivity index (χ1n) is 21.8. The number of hydrogen-bond acceptors (Lipinski definition) is 2. The Kier molecular flexibility index (Phi) is 8.06. The molecular weight excluding hydrogens is 779 g/mol. The maximum Gasteiger partial charge on any atom is 0.0726 e. The monoisotopic (exact) mass is 817 g/mol. The van der Waals surface area contributed by atoms with Crippen LogP contribution in [0.25, 0.3) is 75.8 Å². The van der Waals surface area contributed by atoms with Crippen molar-refractivity contribution in [3.8, 4) is 55.6 Å². The minimum atomic E-state index is -0.429. The summed E-state index contributed by atoms with van der Waals surface area (Å²) in [6.07, 6.45) is 0. The van der Waals surface area contributed by atoms with Crippen LogP contribution < -0.4 is 4.90 Å². The van der Waals surface area contributed by atoms with Crippen molar-refractivity contribution in [3.05, 3.63) is 259 Å². The lowest BCUT2D eigenvalue weighted by atomic mass is 9.70. The van der Waals surface area contributed by atoms with Crippen molar-refractivity contribution < 1.29 is 0 Å². The number of rotatable bonds is 6. The summed E-state index contributed by atoms with van der Waals surface area (Å²) in [5, 5.41) is 2.68. The number of benzene rings is 10. The number of thiophene rings is 1. The van der Waals surface area contributed by atoms with Crippen molar-refractivity contribution in [2.45, 2.75) is 5.41 Å². The summed E-state index contributed by atoms with van der Waals surface area (Å²) >= 11 is 1.93. The molecule has 63 heavy (non-hydrogen) atoms. The zero-order valence-electron chi connectivity index (χ0n) is 34.4. The van der Waals surface area contributed by atoms with Gasteiger partial charge in [0.2, 0.25) is 0 Å². The number of fused-ring (bicyclic) bond motifs is 14. The van der Waals surface area contributed by atoms with Crippen molar-refractivity contribution in [1.82, 2.24) is 0 Å². The molecular formula is C61H39NS. The first-order chi connectivity index (χ1) is 31.3. The highest BCUT2D eigenvalue weighted by molar-refractivity contribution is 7.26. The van der Waals surface area contributed by atoms with Gasteiger partial charge in [-0.25, -0.2) is 0 Å². The van der Waals surface area contributed by atoms with E-state index in [4.69, 9.17) is 0 Å². The smallest absolute Gasteiger partial charge is 0.0726 e. The van der Waals surface area contributed by atoms with Gasteiger partial charge in [0.25, 0.3) is 0 Å². The van der Waals surface area contributed by atoms with Crippen LogP contribution in [0.15, 0.2) is 237 Å². The zero-order chi connectivity index (χ0) is 41.5. The molecule has 1 heterocycles. The van der Waals surface area contributed by atoms with Crippen LogP contribution in [0.3, 0.4) is 0 Å². The van der Waals surface area contributed by atoms with Crippen LogP contribution in [0, 0.1) is 0 Å². The molecule has 1 spiro atoms. The molecule has 0 radical (unpaired) electrons. The maximum atomic E-state index is 2.44. The second-order valence-electron chi connectivity index (χ2n) is 16.7. The predicted molar refractivity (Wildman–Crippen MR) is 267 cm³/mol. The summed E-state index contributed by atoms with van der Waals surface area (Å²) in [4.78, 5) is 2.40. The van der Waals surface area contributed by atoms with Crippen LogP contribution in [0.1, 0.15) is 22.3 Å². The average molecular weight is 818 g/mol.